The van der Waals surface area contributed by atoms with Gasteiger partial charge in [0.25, 0.3) is 0 Å². The molecule has 0 aliphatic heterocycles. The summed E-state index contributed by atoms with van der Waals surface area (Å²) in [6.07, 6.45) is 0.972. The lowest BCUT2D eigenvalue weighted by Gasteiger charge is -2.20. The Morgan fingerprint density at radius 1 is 1.24 bits per heavy atom. The summed E-state index contributed by atoms with van der Waals surface area (Å²) in [5.74, 6) is -1.42. The minimum absolute atomic E-state index is 0.00162. The van der Waals surface area contributed by atoms with E-state index >= 15 is 0 Å². The average Bonchev–Trinajstić information content (AvgIpc) is 3.16. The minimum atomic E-state index is -1.53. The number of carboxylic acids is 1. The molecule has 1 aromatic heterocycles. The zero-order valence-electron chi connectivity index (χ0n) is 16.5. The molecule has 0 radical (unpaired) electrons. The molecule has 1 unspecified atom stereocenters. The van der Waals surface area contributed by atoms with E-state index in [1.54, 1.807) is 0 Å². The number of urea groups is 1. The van der Waals surface area contributed by atoms with Gasteiger partial charge in [-0.05, 0) is 19.8 Å². The maximum absolute atomic E-state index is 12.2. The van der Waals surface area contributed by atoms with Gasteiger partial charge in [-0.2, -0.15) is 4.98 Å². The van der Waals surface area contributed by atoms with Crippen molar-refractivity contribution in [1.29, 1.82) is 0 Å². The number of ketones is 1. The van der Waals surface area contributed by atoms with E-state index in [1.165, 1.54) is 6.92 Å². The molecule has 12 heteroatoms. The molecule has 2 amide bonds. The first kappa shape index (κ1) is 24.5. The zero-order chi connectivity index (χ0) is 22.0. The summed E-state index contributed by atoms with van der Waals surface area (Å²) in [6, 6.07) is -4.19. The highest BCUT2D eigenvalue weighted by Gasteiger charge is 2.28. The second-order valence-corrected chi connectivity index (χ2v) is 6.69. The number of aliphatic hydroxyl groups is 2. The van der Waals surface area contributed by atoms with Gasteiger partial charge in [0, 0.05) is 12.8 Å². The van der Waals surface area contributed by atoms with Crippen molar-refractivity contribution in [3.63, 3.8) is 0 Å². The molecule has 4 atom stereocenters. The van der Waals surface area contributed by atoms with Gasteiger partial charge in [-0.1, -0.05) is 18.5 Å². The van der Waals surface area contributed by atoms with E-state index in [1.807, 2.05) is 6.92 Å². The first-order chi connectivity index (χ1) is 13.7. The number of carbonyl (C=O) groups is 3. The maximum atomic E-state index is 12.2. The third-order valence-corrected chi connectivity index (χ3v) is 4.15. The van der Waals surface area contributed by atoms with Crippen molar-refractivity contribution in [2.45, 2.75) is 70.2 Å². The van der Waals surface area contributed by atoms with Gasteiger partial charge < -0.3 is 36.2 Å². The van der Waals surface area contributed by atoms with Crippen LogP contribution in [0.1, 0.15) is 69.8 Å². The number of hydrogen-bond acceptors (Lipinski definition) is 9. The van der Waals surface area contributed by atoms with Crippen molar-refractivity contribution < 1.29 is 34.2 Å². The van der Waals surface area contributed by atoms with Crippen molar-refractivity contribution in [2.24, 2.45) is 5.73 Å². The number of carboxylic acid groups (broad SMARTS) is 1. The highest BCUT2D eigenvalue weighted by atomic mass is 16.5. The number of aliphatic hydroxyl groups excluding tert-OH is 2. The van der Waals surface area contributed by atoms with Gasteiger partial charge >= 0.3 is 12.0 Å². The Balaban J connectivity index is 2.89. The van der Waals surface area contributed by atoms with Gasteiger partial charge in [0.1, 0.15) is 11.8 Å². The summed E-state index contributed by atoms with van der Waals surface area (Å²) >= 11 is 0. The number of nitrogens with two attached hydrogens (primary N) is 1. The number of nitrogens with zero attached hydrogens (tertiary/aromatic N) is 2. The standard InChI is InChI=1S/C17H29N5O7/c1-3-4-5-10(25)6-7-12(15-21-14(22-29-15)11(18)8-23)19-17(28)20-13(9(2)24)16(26)27/h9,11-13,23-24H,3-8,18H2,1-2H3,(H,26,27)(H2,19,20,28)/t9?,11-,12-,13-/m0/s1. The van der Waals surface area contributed by atoms with E-state index in [9.17, 15) is 19.5 Å². The van der Waals surface area contributed by atoms with Gasteiger partial charge in [0.2, 0.25) is 5.89 Å². The number of nitrogens with one attached hydrogen (secondary N) is 2. The second-order valence-electron chi connectivity index (χ2n) is 6.69. The summed E-state index contributed by atoms with van der Waals surface area (Å²) in [5, 5.41) is 35.9. The van der Waals surface area contributed by atoms with Crippen molar-refractivity contribution >= 4 is 17.8 Å². The molecule has 29 heavy (non-hydrogen) atoms. The van der Waals surface area contributed by atoms with Crippen molar-refractivity contribution in [3.05, 3.63) is 11.7 Å². The van der Waals surface area contributed by atoms with Crippen molar-refractivity contribution in [3.8, 4) is 0 Å². The quantitative estimate of drug-likeness (QED) is 0.250. The van der Waals surface area contributed by atoms with Crippen LogP contribution in [0.4, 0.5) is 4.79 Å². The molecule has 0 aliphatic rings. The van der Waals surface area contributed by atoms with Crippen LogP contribution in [0.25, 0.3) is 0 Å². The van der Waals surface area contributed by atoms with Gasteiger partial charge in [0.15, 0.2) is 11.9 Å². The molecular weight excluding hydrogens is 386 g/mol. The SMILES string of the molecule is CCCCC(=O)CC[C@H](NC(=O)N[C@H](C(=O)O)C(C)O)c1nc([C@@H](N)CO)no1. The number of aromatic nitrogens is 2. The smallest absolute Gasteiger partial charge is 0.328 e. The fourth-order valence-corrected chi connectivity index (χ4v) is 2.41. The molecule has 7 N–H and O–H groups in total. The van der Waals surface area contributed by atoms with Crippen LogP contribution in [-0.4, -0.2) is 62.0 Å². The monoisotopic (exact) mass is 415 g/mol. The molecular formula is C17H29N5O7. The lowest BCUT2D eigenvalue weighted by Crippen LogP contribution is -2.51. The highest BCUT2D eigenvalue weighted by Crippen LogP contribution is 2.19. The Bertz CT molecular complexity index is 679. The molecule has 1 heterocycles. The summed E-state index contributed by atoms with van der Waals surface area (Å²) in [4.78, 5) is 39.4. The Hall–Kier alpha value is -2.57. The number of carbonyl (C=O) groups excluding carboxylic acids is 2. The van der Waals surface area contributed by atoms with Crippen LogP contribution in [0.3, 0.4) is 0 Å². The molecule has 0 fully saturated rings. The largest absolute Gasteiger partial charge is 0.480 e. The number of aliphatic carboxylic acids is 1. The van der Waals surface area contributed by atoms with E-state index in [4.69, 9.17) is 20.5 Å². The summed E-state index contributed by atoms with van der Waals surface area (Å²) in [6.45, 7) is 2.78. The highest BCUT2D eigenvalue weighted by molar-refractivity contribution is 5.83. The Kier molecular flexibility index (Phi) is 10.2. The van der Waals surface area contributed by atoms with Crippen LogP contribution in [0.2, 0.25) is 0 Å². The van der Waals surface area contributed by atoms with E-state index in [0.717, 1.165) is 12.8 Å². The third-order valence-electron chi connectivity index (χ3n) is 4.15. The topological polar surface area (TPSA) is 201 Å². The Morgan fingerprint density at radius 2 is 1.93 bits per heavy atom. The summed E-state index contributed by atoms with van der Waals surface area (Å²) in [7, 11) is 0. The fraction of sp³-hybridized carbons (Fsp3) is 0.706. The molecule has 1 aromatic rings. The molecule has 0 saturated heterocycles. The van der Waals surface area contributed by atoms with Crippen LogP contribution in [-0.2, 0) is 9.59 Å². The van der Waals surface area contributed by atoms with Crippen molar-refractivity contribution in [2.75, 3.05) is 6.61 Å². The van der Waals surface area contributed by atoms with Crippen LogP contribution in [0, 0.1) is 0 Å². The molecule has 1 rings (SSSR count). The normalized spacial score (nSPS) is 15.2. The van der Waals surface area contributed by atoms with E-state index in [0.29, 0.717) is 6.42 Å². The second kappa shape index (κ2) is 12.1. The number of unbranched alkanes of at least 4 members (excludes halogenated alkanes) is 1. The zero-order valence-corrected chi connectivity index (χ0v) is 16.5. The molecule has 0 saturated carbocycles. The molecule has 0 aliphatic carbocycles. The third kappa shape index (κ3) is 8.13. The first-order valence-electron chi connectivity index (χ1n) is 9.39. The van der Waals surface area contributed by atoms with Crippen molar-refractivity contribution in [1.82, 2.24) is 20.8 Å². The average molecular weight is 415 g/mol. The number of Topliss-reactive ketones (excluding diaryl/α,β-unsaturated/α-hetero) is 1. The van der Waals surface area contributed by atoms with Gasteiger partial charge in [0.05, 0.1) is 18.8 Å². The molecule has 0 spiro atoms. The molecule has 0 bridgehead atoms. The minimum Gasteiger partial charge on any atom is -0.480 e. The van der Waals surface area contributed by atoms with Crippen LogP contribution in [0.15, 0.2) is 4.52 Å². The fourth-order valence-electron chi connectivity index (χ4n) is 2.41. The van der Waals surface area contributed by atoms with Gasteiger partial charge in [-0.25, -0.2) is 9.59 Å². The number of amides is 2. The number of rotatable bonds is 13. The van der Waals surface area contributed by atoms with E-state index in [-0.39, 0.29) is 30.3 Å². The van der Waals surface area contributed by atoms with E-state index in [2.05, 4.69) is 20.8 Å². The first-order valence-corrected chi connectivity index (χ1v) is 9.39. The molecule has 12 nitrogen and oxygen atoms in total. The van der Waals surface area contributed by atoms with E-state index < -0.39 is 42.8 Å². The summed E-state index contributed by atoms with van der Waals surface area (Å²) in [5.41, 5.74) is 5.64. The number of hydrogen-bond donors (Lipinski definition) is 6. The predicted molar refractivity (Wildman–Crippen MR) is 99.6 cm³/mol. The predicted octanol–water partition coefficient (Wildman–Crippen LogP) is -0.224. The van der Waals surface area contributed by atoms with Crippen LogP contribution < -0.4 is 16.4 Å². The summed E-state index contributed by atoms with van der Waals surface area (Å²) < 4.78 is 5.09. The lowest BCUT2D eigenvalue weighted by molar-refractivity contribution is -0.141. The van der Waals surface area contributed by atoms with Crippen LogP contribution in [0.5, 0.6) is 0 Å². The van der Waals surface area contributed by atoms with Gasteiger partial charge in [-0.15, -0.1) is 0 Å². The Labute approximate surface area is 167 Å². The Morgan fingerprint density at radius 3 is 2.48 bits per heavy atom. The van der Waals surface area contributed by atoms with Gasteiger partial charge in [-0.3, -0.25) is 4.79 Å². The van der Waals surface area contributed by atoms with Crippen LogP contribution >= 0.6 is 0 Å². The molecule has 164 valence electrons. The molecule has 0 aromatic carbocycles. The lowest BCUT2D eigenvalue weighted by atomic mass is 10.0. The maximum Gasteiger partial charge on any atom is 0.328 e.